The smallest absolute Gasteiger partial charge is 0.250 e. The summed E-state index contributed by atoms with van der Waals surface area (Å²) in [5.74, 6) is 0.138. The van der Waals surface area contributed by atoms with Crippen LogP contribution in [0.3, 0.4) is 0 Å². The minimum atomic E-state index is -3.71. The number of amides is 1. The number of hydrogen-bond donors (Lipinski definition) is 2. The van der Waals surface area contributed by atoms with Gasteiger partial charge in [0.05, 0.1) is 23.7 Å². The second-order valence-electron chi connectivity index (χ2n) is 3.74. The van der Waals surface area contributed by atoms with E-state index in [9.17, 15) is 13.2 Å². The summed E-state index contributed by atoms with van der Waals surface area (Å²) >= 11 is 6.60. The van der Waals surface area contributed by atoms with Crippen molar-refractivity contribution < 1.29 is 17.6 Å². The first-order valence-corrected chi connectivity index (χ1v) is 8.19. The third kappa shape index (κ3) is 4.07. The number of rotatable bonds is 6. The van der Waals surface area contributed by atoms with Gasteiger partial charge in [0.25, 0.3) is 10.0 Å². The molecule has 108 valence electrons. The molecular weight excluding hydrogens is 324 g/mol. The van der Waals surface area contributed by atoms with Crippen LogP contribution in [-0.4, -0.2) is 20.9 Å². The molecule has 0 atom stereocenters. The number of thiophene rings is 1. The molecule has 2 heterocycles. The van der Waals surface area contributed by atoms with Gasteiger partial charge in [-0.2, -0.15) is 0 Å². The number of nitrogens with one attached hydrogen (secondary N) is 2. The molecule has 0 spiro atoms. The van der Waals surface area contributed by atoms with Gasteiger partial charge in [0, 0.05) is 0 Å². The zero-order valence-corrected chi connectivity index (χ0v) is 12.5. The van der Waals surface area contributed by atoms with Gasteiger partial charge in [-0.05, 0) is 24.3 Å². The van der Waals surface area contributed by atoms with Crippen molar-refractivity contribution in [1.82, 2.24) is 10.0 Å². The molecule has 0 aliphatic heterocycles. The van der Waals surface area contributed by atoms with Crippen LogP contribution >= 0.6 is 22.9 Å². The predicted molar refractivity (Wildman–Crippen MR) is 75.1 cm³/mol. The number of sulfonamides is 1. The van der Waals surface area contributed by atoms with Gasteiger partial charge in [-0.3, -0.25) is 4.79 Å². The highest BCUT2D eigenvalue weighted by molar-refractivity contribution is 7.91. The Bertz CT molecular complexity index is 679. The van der Waals surface area contributed by atoms with E-state index in [0.29, 0.717) is 10.1 Å². The highest BCUT2D eigenvalue weighted by Crippen LogP contribution is 2.25. The van der Waals surface area contributed by atoms with Crippen molar-refractivity contribution in [2.75, 3.05) is 6.54 Å². The lowest BCUT2D eigenvalue weighted by molar-refractivity contribution is -0.120. The van der Waals surface area contributed by atoms with E-state index >= 15 is 0 Å². The van der Waals surface area contributed by atoms with Gasteiger partial charge in [0.2, 0.25) is 5.91 Å². The van der Waals surface area contributed by atoms with Crippen LogP contribution in [0.5, 0.6) is 0 Å². The van der Waals surface area contributed by atoms with Gasteiger partial charge in [-0.15, -0.1) is 11.3 Å². The second kappa shape index (κ2) is 6.40. The SMILES string of the molecule is O=C(CNS(=O)(=O)c1ccc(Cl)s1)NCc1ccco1. The zero-order chi connectivity index (χ0) is 14.6. The highest BCUT2D eigenvalue weighted by Gasteiger charge is 2.17. The lowest BCUT2D eigenvalue weighted by atomic mass is 10.4. The number of hydrogen-bond acceptors (Lipinski definition) is 5. The first-order chi connectivity index (χ1) is 9.47. The largest absolute Gasteiger partial charge is 0.467 e. The Morgan fingerprint density at radius 2 is 2.15 bits per heavy atom. The van der Waals surface area contributed by atoms with Crippen molar-refractivity contribution in [3.63, 3.8) is 0 Å². The molecule has 2 aromatic heterocycles. The van der Waals surface area contributed by atoms with Crippen LogP contribution in [0.25, 0.3) is 0 Å². The van der Waals surface area contributed by atoms with E-state index in [2.05, 4.69) is 10.0 Å². The van der Waals surface area contributed by atoms with Crippen LogP contribution < -0.4 is 10.0 Å². The normalized spacial score (nSPS) is 11.4. The van der Waals surface area contributed by atoms with E-state index in [-0.39, 0.29) is 17.3 Å². The minimum absolute atomic E-state index is 0.0707. The van der Waals surface area contributed by atoms with E-state index < -0.39 is 15.9 Å². The maximum absolute atomic E-state index is 11.8. The van der Waals surface area contributed by atoms with Crippen LogP contribution in [0.15, 0.2) is 39.2 Å². The van der Waals surface area contributed by atoms with Crippen molar-refractivity contribution >= 4 is 38.9 Å². The maximum atomic E-state index is 11.8. The fourth-order valence-corrected chi connectivity index (χ4v) is 3.84. The molecule has 0 radical (unpaired) electrons. The maximum Gasteiger partial charge on any atom is 0.250 e. The number of furan rings is 1. The first kappa shape index (κ1) is 15.0. The van der Waals surface area contributed by atoms with Gasteiger partial charge < -0.3 is 9.73 Å². The predicted octanol–water partition coefficient (Wildman–Crippen LogP) is 1.59. The summed E-state index contributed by atoms with van der Waals surface area (Å²) in [6, 6.07) is 6.27. The quantitative estimate of drug-likeness (QED) is 0.839. The molecule has 2 rings (SSSR count). The van der Waals surface area contributed by atoms with E-state index in [1.807, 2.05) is 0 Å². The van der Waals surface area contributed by atoms with Gasteiger partial charge in [0.1, 0.15) is 9.97 Å². The Balaban J connectivity index is 1.83. The number of carbonyl (C=O) groups is 1. The number of halogens is 1. The highest BCUT2D eigenvalue weighted by atomic mass is 35.5. The monoisotopic (exact) mass is 334 g/mol. The summed E-state index contributed by atoms with van der Waals surface area (Å²) in [5.41, 5.74) is 0. The summed E-state index contributed by atoms with van der Waals surface area (Å²) in [6.45, 7) is -0.142. The molecule has 9 heteroatoms. The molecule has 0 fully saturated rings. The van der Waals surface area contributed by atoms with Crippen LogP contribution in [0.2, 0.25) is 4.34 Å². The summed E-state index contributed by atoms with van der Waals surface area (Å²) < 4.78 is 31.3. The molecule has 0 aromatic carbocycles. The standard InChI is InChI=1S/C11H11ClN2O4S2/c12-9-3-4-11(19-9)20(16,17)14-7-10(15)13-6-8-2-1-5-18-8/h1-5,14H,6-7H2,(H,13,15). The molecule has 2 N–H and O–H groups in total. The van der Waals surface area contributed by atoms with E-state index in [4.69, 9.17) is 16.0 Å². The molecule has 20 heavy (non-hydrogen) atoms. The average Bonchev–Trinajstić information content (AvgIpc) is 3.05. The van der Waals surface area contributed by atoms with Crippen molar-refractivity contribution in [2.24, 2.45) is 0 Å². The first-order valence-electron chi connectivity index (χ1n) is 5.51. The van der Waals surface area contributed by atoms with Gasteiger partial charge >= 0.3 is 0 Å². The molecule has 6 nitrogen and oxygen atoms in total. The summed E-state index contributed by atoms with van der Waals surface area (Å²) in [5, 5.41) is 2.53. The van der Waals surface area contributed by atoms with Crippen molar-refractivity contribution in [1.29, 1.82) is 0 Å². The van der Waals surface area contributed by atoms with E-state index in [1.165, 1.54) is 18.4 Å². The van der Waals surface area contributed by atoms with Gasteiger partial charge in [-0.1, -0.05) is 11.6 Å². The lowest BCUT2D eigenvalue weighted by Crippen LogP contribution is -2.36. The Hall–Kier alpha value is -1.35. The number of carbonyl (C=O) groups excluding carboxylic acids is 1. The van der Waals surface area contributed by atoms with E-state index in [1.54, 1.807) is 12.1 Å². The topological polar surface area (TPSA) is 88.4 Å². The molecule has 0 saturated heterocycles. The molecular formula is C11H11ClN2O4S2. The van der Waals surface area contributed by atoms with Crippen LogP contribution in [-0.2, 0) is 21.4 Å². The Kier molecular flexibility index (Phi) is 4.81. The summed E-state index contributed by atoms with van der Waals surface area (Å²) in [6.07, 6.45) is 1.49. The average molecular weight is 335 g/mol. The fourth-order valence-electron chi connectivity index (χ4n) is 1.34. The van der Waals surface area contributed by atoms with Crippen molar-refractivity contribution in [3.8, 4) is 0 Å². The minimum Gasteiger partial charge on any atom is -0.467 e. The molecule has 0 bridgehead atoms. The third-order valence-corrected chi connectivity index (χ3v) is 5.40. The Labute approximate surface area is 124 Å². The zero-order valence-electron chi connectivity index (χ0n) is 10.1. The Morgan fingerprint density at radius 3 is 2.75 bits per heavy atom. The third-order valence-electron chi connectivity index (χ3n) is 2.28. The van der Waals surface area contributed by atoms with Crippen molar-refractivity contribution in [2.45, 2.75) is 10.8 Å². The second-order valence-corrected chi connectivity index (χ2v) is 7.45. The van der Waals surface area contributed by atoms with Crippen molar-refractivity contribution in [3.05, 3.63) is 40.6 Å². The van der Waals surface area contributed by atoms with Gasteiger partial charge in [0.15, 0.2) is 0 Å². The van der Waals surface area contributed by atoms with Crippen LogP contribution in [0, 0.1) is 0 Å². The molecule has 1 amide bonds. The molecule has 0 aliphatic carbocycles. The fraction of sp³-hybridized carbons (Fsp3) is 0.182. The van der Waals surface area contributed by atoms with Gasteiger partial charge in [-0.25, -0.2) is 13.1 Å². The van der Waals surface area contributed by atoms with Crippen LogP contribution in [0.4, 0.5) is 0 Å². The molecule has 0 unspecified atom stereocenters. The molecule has 2 aromatic rings. The summed E-state index contributed by atoms with van der Waals surface area (Å²) in [7, 11) is -3.71. The van der Waals surface area contributed by atoms with Crippen LogP contribution in [0.1, 0.15) is 5.76 Å². The Morgan fingerprint density at radius 1 is 1.35 bits per heavy atom. The molecule has 0 saturated carbocycles. The lowest BCUT2D eigenvalue weighted by Gasteiger charge is -2.05. The van der Waals surface area contributed by atoms with E-state index in [0.717, 1.165) is 11.3 Å². The summed E-state index contributed by atoms with van der Waals surface area (Å²) in [4.78, 5) is 11.5. The molecule has 0 aliphatic rings.